The summed E-state index contributed by atoms with van der Waals surface area (Å²) in [6.45, 7) is 2.49. The van der Waals surface area contributed by atoms with Crippen LogP contribution in [0.5, 0.6) is 0 Å². The zero-order valence-electron chi connectivity index (χ0n) is 11.6. The van der Waals surface area contributed by atoms with E-state index in [1.807, 2.05) is 17.5 Å². The molecular weight excluding hydrogens is 264 g/mol. The first-order chi connectivity index (χ1) is 9.88. The van der Waals surface area contributed by atoms with Crippen molar-refractivity contribution in [3.63, 3.8) is 0 Å². The Labute approximate surface area is 124 Å². The summed E-state index contributed by atoms with van der Waals surface area (Å²) in [5.74, 6) is 2.74. The van der Waals surface area contributed by atoms with Crippen LogP contribution < -0.4 is 5.32 Å². The van der Waals surface area contributed by atoms with Gasteiger partial charge in [-0.3, -0.25) is 0 Å². The standard InChI is InChI=1S/C17H20N2S/c1-2-4-13(5-3-1)16-11-19-17(20-16)8-12-6-14-9-18-10-15(14)7-12/h1-5,11-12,14-15,18H,6-10H2/t12?,14-,15+. The van der Waals surface area contributed by atoms with Crippen molar-refractivity contribution in [1.82, 2.24) is 10.3 Å². The molecule has 2 heterocycles. The summed E-state index contributed by atoms with van der Waals surface area (Å²) in [6.07, 6.45) is 6.03. The molecule has 1 saturated heterocycles. The van der Waals surface area contributed by atoms with Crippen LogP contribution in [0.1, 0.15) is 17.8 Å². The average molecular weight is 284 g/mol. The monoisotopic (exact) mass is 284 g/mol. The number of hydrogen-bond donors (Lipinski definition) is 1. The minimum Gasteiger partial charge on any atom is -0.316 e. The number of nitrogens with zero attached hydrogens (tertiary/aromatic N) is 1. The first-order valence-electron chi connectivity index (χ1n) is 7.59. The molecule has 1 aliphatic carbocycles. The van der Waals surface area contributed by atoms with Crippen molar-refractivity contribution in [2.24, 2.45) is 17.8 Å². The molecule has 104 valence electrons. The summed E-state index contributed by atoms with van der Waals surface area (Å²) in [4.78, 5) is 5.96. The van der Waals surface area contributed by atoms with Crippen LogP contribution in [-0.2, 0) is 6.42 Å². The first-order valence-corrected chi connectivity index (χ1v) is 8.41. The summed E-state index contributed by atoms with van der Waals surface area (Å²) in [5, 5.41) is 4.84. The Kier molecular flexibility index (Phi) is 3.32. The molecule has 0 bridgehead atoms. The molecule has 1 aromatic carbocycles. The molecule has 0 amide bonds. The second-order valence-electron chi connectivity index (χ2n) is 6.20. The number of nitrogens with one attached hydrogen (secondary N) is 1. The number of rotatable bonds is 3. The van der Waals surface area contributed by atoms with Crippen LogP contribution in [0, 0.1) is 17.8 Å². The van der Waals surface area contributed by atoms with Crippen molar-refractivity contribution in [1.29, 1.82) is 0 Å². The Morgan fingerprint density at radius 2 is 1.85 bits per heavy atom. The Balaban J connectivity index is 1.44. The van der Waals surface area contributed by atoms with Crippen molar-refractivity contribution in [3.05, 3.63) is 41.5 Å². The lowest BCUT2D eigenvalue weighted by atomic mass is 10.0. The molecule has 1 saturated carbocycles. The Hall–Kier alpha value is -1.19. The van der Waals surface area contributed by atoms with E-state index in [-0.39, 0.29) is 0 Å². The van der Waals surface area contributed by atoms with E-state index in [0.29, 0.717) is 0 Å². The second kappa shape index (κ2) is 5.30. The minimum atomic E-state index is 0.863. The highest BCUT2D eigenvalue weighted by Gasteiger charge is 2.37. The van der Waals surface area contributed by atoms with Gasteiger partial charge in [0.2, 0.25) is 0 Å². The third-order valence-corrected chi connectivity index (χ3v) is 5.90. The van der Waals surface area contributed by atoms with Gasteiger partial charge in [-0.2, -0.15) is 0 Å². The molecule has 3 heteroatoms. The molecule has 2 aliphatic rings. The molecule has 1 unspecified atom stereocenters. The molecular formula is C17H20N2S. The van der Waals surface area contributed by atoms with Crippen LogP contribution in [0.15, 0.2) is 36.5 Å². The predicted molar refractivity (Wildman–Crippen MR) is 83.8 cm³/mol. The number of benzene rings is 1. The fourth-order valence-corrected chi connectivity index (χ4v) is 4.88. The van der Waals surface area contributed by atoms with Crippen molar-refractivity contribution in [3.8, 4) is 10.4 Å². The maximum atomic E-state index is 4.65. The molecule has 2 nitrogen and oxygen atoms in total. The molecule has 1 aliphatic heterocycles. The zero-order valence-corrected chi connectivity index (χ0v) is 12.4. The van der Waals surface area contributed by atoms with Gasteiger partial charge in [0.05, 0.1) is 9.88 Å². The van der Waals surface area contributed by atoms with E-state index in [1.165, 1.54) is 47.8 Å². The molecule has 0 spiro atoms. The highest BCUT2D eigenvalue weighted by molar-refractivity contribution is 7.15. The Morgan fingerprint density at radius 3 is 2.60 bits per heavy atom. The van der Waals surface area contributed by atoms with Crippen LogP contribution in [0.3, 0.4) is 0 Å². The molecule has 4 rings (SSSR count). The largest absolute Gasteiger partial charge is 0.316 e. The highest BCUT2D eigenvalue weighted by Crippen LogP contribution is 2.40. The summed E-state index contributed by atoms with van der Waals surface area (Å²) < 4.78 is 0. The lowest BCUT2D eigenvalue weighted by Gasteiger charge is -2.08. The maximum absolute atomic E-state index is 4.65. The summed E-state index contributed by atoms with van der Waals surface area (Å²) in [7, 11) is 0. The summed E-state index contributed by atoms with van der Waals surface area (Å²) in [6, 6.07) is 10.6. The molecule has 2 aromatic rings. The number of hydrogen-bond acceptors (Lipinski definition) is 3. The molecule has 1 N–H and O–H groups in total. The van der Waals surface area contributed by atoms with Gasteiger partial charge in [-0.15, -0.1) is 11.3 Å². The third-order valence-electron chi connectivity index (χ3n) is 4.83. The normalized spacial score (nSPS) is 28.7. The Morgan fingerprint density at radius 1 is 1.10 bits per heavy atom. The van der Waals surface area contributed by atoms with Crippen molar-refractivity contribution < 1.29 is 0 Å². The van der Waals surface area contributed by atoms with E-state index >= 15 is 0 Å². The fourth-order valence-electron chi connectivity index (χ4n) is 3.85. The molecule has 0 radical (unpaired) electrons. The SMILES string of the molecule is c1ccc(-c2cnc(CC3C[C@H]4CNC[C@H]4C3)s2)cc1. The summed E-state index contributed by atoms with van der Waals surface area (Å²) >= 11 is 1.87. The molecule has 2 fully saturated rings. The Bertz CT molecular complexity index is 566. The lowest BCUT2D eigenvalue weighted by molar-refractivity contribution is 0.490. The van der Waals surface area contributed by atoms with Gasteiger partial charge >= 0.3 is 0 Å². The van der Waals surface area contributed by atoms with Crippen LogP contribution in [0.2, 0.25) is 0 Å². The molecule has 3 atom stereocenters. The van der Waals surface area contributed by atoms with Crippen LogP contribution in [0.4, 0.5) is 0 Å². The number of thiazole rings is 1. The van der Waals surface area contributed by atoms with Crippen LogP contribution in [-0.4, -0.2) is 18.1 Å². The van der Waals surface area contributed by atoms with Crippen molar-refractivity contribution in [2.75, 3.05) is 13.1 Å². The fraction of sp³-hybridized carbons (Fsp3) is 0.471. The van der Waals surface area contributed by atoms with E-state index in [1.54, 1.807) is 0 Å². The molecule has 1 aromatic heterocycles. The summed E-state index contributed by atoms with van der Waals surface area (Å²) in [5.41, 5.74) is 1.30. The number of aromatic nitrogens is 1. The highest BCUT2D eigenvalue weighted by atomic mass is 32.1. The van der Waals surface area contributed by atoms with Gasteiger partial charge in [0, 0.05) is 12.6 Å². The van der Waals surface area contributed by atoms with Gasteiger partial charge in [-0.1, -0.05) is 30.3 Å². The van der Waals surface area contributed by atoms with Crippen LogP contribution in [0.25, 0.3) is 10.4 Å². The van der Waals surface area contributed by atoms with Gasteiger partial charge < -0.3 is 5.32 Å². The van der Waals surface area contributed by atoms with Crippen LogP contribution >= 0.6 is 11.3 Å². The van der Waals surface area contributed by atoms with E-state index in [4.69, 9.17) is 0 Å². The first kappa shape index (κ1) is 12.5. The van der Waals surface area contributed by atoms with E-state index in [2.05, 4.69) is 40.6 Å². The predicted octanol–water partition coefficient (Wildman–Crippen LogP) is 3.60. The minimum absolute atomic E-state index is 0.863. The zero-order chi connectivity index (χ0) is 13.4. The van der Waals surface area contributed by atoms with Gasteiger partial charge in [0.1, 0.15) is 0 Å². The third kappa shape index (κ3) is 2.40. The van der Waals surface area contributed by atoms with Crippen molar-refractivity contribution in [2.45, 2.75) is 19.3 Å². The van der Waals surface area contributed by atoms with E-state index < -0.39 is 0 Å². The van der Waals surface area contributed by atoms with Gasteiger partial charge in [0.15, 0.2) is 0 Å². The van der Waals surface area contributed by atoms with E-state index in [0.717, 1.165) is 17.8 Å². The molecule has 20 heavy (non-hydrogen) atoms. The number of fused-ring (bicyclic) bond motifs is 1. The second-order valence-corrected chi connectivity index (χ2v) is 7.32. The van der Waals surface area contributed by atoms with Gasteiger partial charge in [-0.25, -0.2) is 4.98 Å². The van der Waals surface area contributed by atoms with Gasteiger partial charge in [-0.05, 0) is 49.2 Å². The average Bonchev–Trinajstić information content (AvgIpc) is 3.16. The van der Waals surface area contributed by atoms with Crippen molar-refractivity contribution >= 4 is 11.3 Å². The smallest absolute Gasteiger partial charge is 0.0934 e. The van der Waals surface area contributed by atoms with E-state index in [9.17, 15) is 0 Å². The topological polar surface area (TPSA) is 24.9 Å². The lowest BCUT2D eigenvalue weighted by Crippen LogP contribution is -2.12. The maximum Gasteiger partial charge on any atom is 0.0934 e. The van der Waals surface area contributed by atoms with Gasteiger partial charge in [0.25, 0.3) is 0 Å². The quantitative estimate of drug-likeness (QED) is 0.931.